The van der Waals surface area contributed by atoms with Gasteiger partial charge in [0.25, 0.3) is 0 Å². The zero-order valence-corrected chi connectivity index (χ0v) is 49.7. The van der Waals surface area contributed by atoms with Crippen molar-refractivity contribution < 1.29 is 124 Å². The summed E-state index contributed by atoms with van der Waals surface area (Å²) < 4.78 is 59.6. The van der Waals surface area contributed by atoms with E-state index >= 15 is 4.79 Å². The molecule has 0 amide bonds. The van der Waals surface area contributed by atoms with Crippen LogP contribution in [0.5, 0.6) is 0 Å². The van der Waals surface area contributed by atoms with Crippen LogP contribution in [0.15, 0.2) is 11.6 Å². The van der Waals surface area contributed by atoms with Crippen molar-refractivity contribution in [2.45, 2.75) is 280 Å². The van der Waals surface area contributed by atoms with Gasteiger partial charge in [-0.2, -0.15) is 0 Å². The highest BCUT2D eigenvalue weighted by atomic mass is 16.8. The lowest BCUT2D eigenvalue weighted by molar-refractivity contribution is -0.364. The van der Waals surface area contributed by atoms with Crippen molar-refractivity contribution in [2.24, 2.45) is 50.2 Å². The first-order valence-electron chi connectivity index (χ1n) is 30.5. The zero-order valence-electron chi connectivity index (χ0n) is 49.7. The van der Waals surface area contributed by atoms with Crippen LogP contribution in [0.2, 0.25) is 0 Å². The monoisotopic (exact) mass is 1200 g/mol. The van der Waals surface area contributed by atoms with E-state index in [1.807, 2.05) is 0 Å². The number of hydrogen-bond acceptors (Lipinski definition) is 25. The number of ether oxygens (including phenoxy) is 10. The van der Waals surface area contributed by atoms with Crippen molar-refractivity contribution in [3.8, 4) is 0 Å². The number of aliphatic hydroxyl groups excluding tert-OH is 14. The first-order chi connectivity index (χ1) is 39.3. The Labute approximate surface area is 490 Å². The second-order valence-electron chi connectivity index (χ2n) is 28.6. The van der Waals surface area contributed by atoms with Crippen LogP contribution in [-0.2, 0) is 52.2 Å². The highest BCUT2D eigenvalue weighted by Gasteiger charge is 2.70. The van der Waals surface area contributed by atoms with Gasteiger partial charge in [0.1, 0.15) is 104 Å². The summed E-state index contributed by atoms with van der Waals surface area (Å²) in [6, 6.07) is 0. The van der Waals surface area contributed by atoms with Gasteiger partial charge in [-0.15, -0.1) is 0 Å². The molecule has 5 aliphatic heterocycles. The van der Waals surface area contributed by atoms with E-state index in [1.165, 1.54) is 19.4 Å². The third kappa shape index (κ3) is 10.9. The maximum Gasteiger partial charge on any atom is 0.315 e. The van der Waals surface area contributed by atoms with Crippen LogP contribution in [0.4, 0.5) is 0 Å². The van der Waals surface area contributed by atoms with Crippen molar-refractivity contribution in [3.63, 3.8) is 0 Å². The minimum atomic E-state index is -1.88. The van der Waals surface area contributed by atoms with E-state index in [0.29, 0.717) is 38.5 Å². The molecule has 4 saturated carbocycles. The SMILES string of the molecule is C[C@@H]1O[C@@H](O[C@H]2[C@H](O)[C@@H](O)[C@H](OC[C@H]3O[C@@H](OC(=O)[C@]45CCC(C)(C)C[C@@H]4C4=CC[C@@H]6[C@@]7(C)CC[C@H](O[C@@H]8OC[C@H](O)[C@H](O)[C@H]8O[C@@H]8O[C@H](C)[C@@H](O)[C@H](O)[C@H]8O)C(C)(C)C7CC[C@@]6(C)[C@]4(C)CC5)[C@H](O)[C@@H](O)[C@@H]3O)O[C@@H]2CO)[C@H](O)[C@H](O)[C@H]1O. The van der Waals surface area contributed by atoms with E-state index in [2.05, 4.69) is 54.5 Å². The summed E-state index contributed by atoms with van der Waals surface area (Å²) >= 11 is 0. The van der Waals surface area contributed by atoms with Crippen molar-refractivity contribution in [2.75, 3.05) is 19.8 Å². The summed E-state index contributed by atoms with van der Waals surface area (Å²) in [5.74, 6) is -0.449. The molecule has 10 aliphatic rings. The van der Waals surface area contributed by atoms with Crippen LogP contribution in [0.1, 0.15) is 127 Å². The molecule has 0 spiro atoms. The van der Waals surface area contributed by atoms with Gasteiger partial charge in [0.15, 0.2) is 25.2 Å². The largest absolute Gasteiger partial charge is 0.432 e. The van der Waals surface area contributed by atoms with E-state index in [-0.39, 0.29) is 52.1 Å². The Morgan fingerprint density at radius 1 is 0.560 bits per heavy atom. The minimum absolute atomic E-state index is 0.150. The quantitative estimate of drug-likeness (QED) is 0.0600. The average Bonchev–Trinajstić information content (AvgIpc) is 0.691. The lowest BCUT2D eigenvalue weighted by atomic mass is 9.33. The second-order valence-corrected chi connectivity index (χ2v) is 28.6. The number of hydrogen-bond donors (Lipinski definition) is 14. The average molecular weight is 1210 g/mol. The van der Waals surface area contributed by atoms with Crippen molar-refractivity contribution in [1.82, 2.24) is 0 Å². The number of aliphatic hydroxyl groups is 14. The minimum Gasteiger partial charge on any atom is -0.432 e. The van der Waals surface area contributed by atoms with Gasteiger partial charge in [-0.3, -0.25) is 4.79 Å². The molecule has 0 radical (unpaired) electrons. The number of fused-ring (bicyclic) bond motifs is 7. The fraction of sp³-hybridized carbons (Fsp3) is 0.949. The van der Waals surface area contributed by atoms with E-state index in [0.717, 1.165) is 25.7 Å². The Bertz CT molecular complexity index is 2340. The van der Waals surface area contributed by atoms with Crippen LogP contribution in [0, 0.1) is 50.2 Å². The van der Waals surface area contributed by atoms with Crippen LogP contribution in [0.3, 0.4) is 0 Å². The van der Waals surface area contributed by atoms with Gasteiger partial charge in [0, 0.05) is 0 Å². The molecule has 32 atom stereocenters. The Hall–Kier alpha value is -1.71. The molecule has 0 aromatic rings. The van der Waals surface area contributed by atoms with Gasteiger partial charge in [0.05, 0.1) is 43.5 Å². The summed E-state index contributed by atoms with van der Waals surface area (Å²) in [6.45, 7) is 17.3. The molecule has 5 saturated heterocycles. The van der Waals surface area contributed by atoms with Crippen LogP contribution in [-0.4, -0.2) is 251 Å². The molecule has 0 aromatic heterocycles. The topological polar surface area (TPSA) is 393 Å². The molecule has 25 nitrogen and oxygen atoms in total. The molecular formula is C59H96O25. The fourth-order valence-corrected chi connectivity index (χ4v) is 17.5. The van der Waals surface area contributed by atoms with Crippen molar-refractivity contribution >= 4 is 5.97 Å². The molecule has 5 heterocycles. The van der Waals surface area contributed by atoms with E-state index in [1.54, 1.807) is 0 Å². The van der Waals surface area contributed by atoms with Gasteiger partial charge in [-0.25, -0.2) is 0 Å². The Morgan fingerprint density at radius 2 is 1.13 bits per heavy atom. The number of allylic oxidation sites excluding steroid dienone is 2. The molecular weight excluding hydrogens is 1110 g/mol. The lowest BCUT2D eigenvalue weighted by Crippen LogP contribution is -2.66. The molecule has 25 heteroatoms. The standard InChI is InChI=1S/C59H96O25/c1-24-34(62)38(66)42(70)49(77-24)82-46-29(21-60)79-48(45(73)41(46)69)76-23-30-37(65)40(68)44(72)51(80-30)84-53(74)59-18-16-54(3,4)20-27(59)26-10-11-32-56(7)14-13-33(55(5,6)31(56)12-15-58(32,9)57(26,8)17-19-59)81-52-47(36(64)28(61)22-75-52)83-50-43(71)39(67)35(63)25(2)78-50/h10,24-25,27-52,60-73H,11-23H2,1-9H3/t24-,25+,27+,28-,29+,30+,31?,32+,33-,34-,35+,36-,37+,38+,39-,40-,41+,42+,43+,44+,45+,46+,47+,48+,49-,50-,51-,52-,56-,57+,58+,59-/m0/s1. The molecule has 5 aliphatic carbocycles. The molecule has 14 N–H and O–H groups in total. The van der Waals surface area contributed by atoms with Crippen molar-refractivity contribution in [3.05, 3.63) is 11.6 Å². The van der Waals surface area contributed by atoms with Gasteiger partial charge in [0.2, 0.25) is 6.29 Å². The number of carbonyl (C=O) groups is 1. The number of carbonyl (C=O) groups excluding carboxylic acids is 1. The van der Waals surface area contributed by atoms with Crippen LogP contribution < -0.4 is 0 Å². The number of rotatable bonds is 12. The highest BCUT2D eigenvalue weighted by molar-refractivity contribution is 5.79. The molecule has 1 unspecified atom stereocenters. The first-order valence-corrected chi connectivity index (χ1v) is 30.5. The smallest absolute Gasteiger partial charge is 0.315 e. The Balaban J connectivity index is 0.824. The summed E-state index contributed by atoms with van der Waals surface area (Å²) in [5, 5.41) is 151. The lowest BCUT2D eigenvalue weighted by Gasteiger charge is -2.71. The molecule has 0 bridgehead atoms. The van der Waals surface area contributed by atoms with Crippen LogP contribution >= 0.6 is 0 Å². The van der Waals surface area contributed by atoms with Gasteiger partial charge >= 0.3 is 5.97 Å². The predicted molar refractivity (Wildman–Crippen MR) is 287 cm³/mol. The van der Waals surface area contributed by atoms with Gasteiger partial charge < -0.3 is 119 Å². The molecule has 482 valence electrons. The number of esters is 1. The second kappa shape index (κ2) is 23.8. The maximum absolute atomic E-state index is 15.2. The van der Waals surface area contributed by atoms with E-state index in [4.69, 9.17) is 47.4 Å². The molecule has 9 fully saturated rings. The summed E-state index contributed by atoms with van der Waals surface area (Å²) in [4.78, 5) is 15.2. The predicted octanol–water partition coefficient (Wildman–Crippen LogP) is -1.52. The fourth-order valence-electron chi connectivity index (χ4n) is 17.5. The summed E-state index contributed by atoms with van der Waals surface area (Å²) in [5.41, 5.74) is -1.12. The van der Waals surface area contributed by atoms with E-state index in [9.17, 15) is 71.5 Å². The highest BCUT2D eigenvalue weighted by Crippen LogP contribution is 2.76. The molecule has 10 rings (SSSR count). The summed E-state index contributed by atoms with van der Waals surface area (Å²) in [7, 11) is 0. The molecule has 0 aromatic carbocycles. The van der Waals surface area contributed by atoms with Gasteiger partial charge in [-0.1, -0.05) is 60.1 Å². The normalized spacial score (nSPS) is 54.6. The third-order valence-electron chi connectivity index (χ3n) is 23.0. The Kier molecular flexibility index (Phi) is 18.5. The summed E-state index contributed by atoms with van der Waals surface area (Å²) in [6.07, 6.45) is -27.9. The van der Waals surface area contributed by atoms with Crippen molar-refractivity contribution in [1.29, 1.82) is 0 Å². The first kappa shape index (κ1) is 65.2. The maximum atomic E-state index is 15.2. The zero-order chi connectivity index (χ0) is 61.3. The van der Waals surface area contributed by atoms with Gasteiger partial charge in [-0.05, 0) is 123 Å². The third-order valence-corrected chi connectivity index (χ3v) is 23.0. The van der Waals surface area contributed by atoms with Crippen LogP contribution in [0.25, 0.3) is 0 Å². The Morgan fingerprint density at radius 3 is 1.76 bits per heavy atom. The molecule has 84 heavy (non-hydrogen) atoms. The van der Waals surface area contributed by atoms with E-state index < -0.39 is 177 Å².